The molecule has 2 atom stereocenters. The maximum Gasteiger partial charge on any atom is 0.310 e. The zero-order valence-corrected chi connectivity index (χ0v) is 14.0. The van der Waals surface area contributed by atoms with Gasteiger partial charge in [-0.25, -0.2) is 8.42 Å². The van der Waals surface area contributed by atoms with Gasteiger partial charge in [-0.05, 0) is 47.6 Å². The molecule has 110 valence electrons. The van der Waals surface area contributed by atoms with E-state index in [2.05, 4.69) is 27.3 Å². The number of anilines is 1. The van der Waals surface area contributed by atoms with Gasteiger partial charge in [-0.3, -0.25) is 9.52 Å². The van der Waals surface area contributed by atoms with Crippen molar-refractivity contribution in [2.45, 2.75) is 24.5 Å². The number of hydrogen-bond donors (Lipinski definition) is 1. The van der Waals surface area contributed by atoms with Gasteiger partial charge in [-0.2, -0.15) is 0 Å². The second-order valence-corrected chi connectivity index (χ2v) is 7.79. The molecule has 0 radical (unpaired) electrons. The van der Waals surface area contributed by atoms with E-state index >= 15 is 0 Å². The average Bonchev–Trinajstić information content (AvgIpc) is 2.90. The van der Waals surface area contributed by atoms with Gasteiger partial charge in [-0.15, -0.1) is 0 Å². The molecule has 0 heterocycles. The van der Waals surface area contributed by atoms with Gasteiger partial charge in [0.15, 0.2) is 0 Å². The van der Waals surface area contributed by atoms with Crippen molar-refractivity contribution < 1.29 is 17.9 Å². The van der Waals surface area contributed by atoms with Crippen LogP contribution in [0.5, 0.6) is 0 Å². The van der Waals surface area contributed by atoms with E-state index < -0.39 is 27.2 Å². The van der Waals surface area contributed by atoms with E-state index in [0.29, 0.717) is 18.5 Å². The molecule has 7 heteroatoms. The Kier molecular flexibility index (Phi) is 4.90. The fourth-order valence-corrected chi connectivity index (χ4v) is 4.99. The monoisotopic (exact) mass is 409 g/mol. The summed E-state index contributed by atoms with van der Waals surface area (Å²) in [6, 6.07) is 7.14. The number of carbonyl (C=O) groups is 1. The summed E-state index contributed by atoms with van der Waals surface area (Å²) >= 11 is 2.07. The number of para-hydroxylation sites is 1. The summed E-state index contributed by atoms with van der Waals surface area (Å²) in [4.78, 5) is 11.7. The Morgan fingerprint density at radius 3 is 2.70 bits per heavy atom. The van der Waals surface area contributed by atoms with Crippen LogP contribution in [0.3, 0.4) is 0 Å². The Hall–Kier alpha value is -0.830. The van der Waals surface area contributed by atoms with Crippen molar-refractivity contribution in [2.24, 2.45) is 5.92 Å². The van der Waals surface area contributed by atoms with E-state index in [-0.39, 0.29) is 0 Å². The summed E-state index contributed by atoms with van der Waals surface area (Å²) in [5.41, 5.74) is 0.545. The maximum atomic E-state index is 12.5. The number of sulfonamides is 1. The van der Waals surface area contributed by atoms with E-state index in [9.17, 15) is 13.2 Å². The highest BCUT2D eigenvalue weighted by Crippen LogP contribution is 2.33. The fourth-order valence-electron chi connectivity index (χ4n) is 2.49. The Bertz CT molecular complexity index is 602. The second kappa shape index (κ2) is 6.30. The molecule has 0 saturated heterocycles. The molecule has 1 aliphatic rings. The Labute approximate surface area is 132 Å². The summed E-state index contributed by atoms with van der Waals surface area (Å²) in [6.07, 6.45) is 1.76. The van der Waals surface area contributed by atoms with Crippen molar-refractivity contribution in [3.63, 3.8) is 0 Å². The van der Waals surface area contributed by atoms with Crippen LogP contribution < -0.4 is 4.72 Å². The van der Waals surface area contributed by atoms with Crippen molar-refractivity contribution in [1.29, 1.82) is 0 Å². The molecular formula is C13H16INO4S. The van der Waals surface area contributed by atoms with Gasteiger partial charge in [0, 0.05) is 3.57 Å². The summed E-state index contributed by atoms with van der Waals surface area (Å²) in [5, 5.41) is -0.717. The largest absolute Gasteiger partial charge is 0.469 e. The molecule has 1 N–H and O–H groups in total. The van der Waals surface area contributed by atoms with Crippen molar-refractivity contribution in [3.05, 3.63) is 27.8 Å². The van der Waals surface area contributed by atoms with E-state index in [1.165, 1.54) is 7.11 Å². The van der Waals surface area contributed by atoms with Crippen LogP contribution in [0.1, 0.15) is 19.3 Å². The van der Waals surface area contributed by atoms with Gasteiger partial charge in [-0.1, -0.05) is 18.6 Å². The lowest BCUT2D eigenvalue weighted by atomic mass is 10.1. The number of benzene rings is 1. The molecule has 2 rings (SSSR count). The van der Waals surface area contributed by atoms with Crippen molar-refractivity contribution in [1.82, 2.24) is 0 Å². The number of ether oxygens (including phenoxy) is 1. The number of carbonyl (C=O) groups excluding carboxylic acids is 1. The summed E-state index contributed by atoms with van der Waals surface area (Å²) in [7, 11) is -2.31. The van der Waals surface area contributed by atoms with Crippen molar-refractivity contribution in [3.8, 4) is 0 Å². The van der Waals surface area contributed by atoms with Gasteiger partial charge in [0.25, 0.3) is 0 Å². The molecule has 1 aromatic rings. The number of rotatable bonds is 4. The molecule has 0 spiro atoms. The molecule has 1 aromatic carbocycles. The molecule has 0 bridgehead atoms. The lowest BCUT2D eigenvalue weighted by molar-refractivity contribution is -0.145. The zero-order chi connectivity index (χ0) is 14.8. The number of nitrogens with one attached hydrogen (secondary N) is 1. The number of halogens is 1. The minimum atomic E-state index is -3.60. The van der Waals surface area contributed by atoms with Gasteiger partial charge in [0.1, 0.15) is 0 Å². The summed E-state index contributed by atoms with van der Waals surface area (Å²) in [6.45, 7) is 0. The van der Waals surface area contributed by atoms with Crippen LogP contribution in [-0.2, 0) is 19.6 Å². The lowest BCUT2D eigenvalue weighted by Crippen LogP contribution is -2.35. The third kappa shape index (κ3) is 3.25. The molecule has 2 unspecified atom stereocenters. The second-order valence-electron chi connectivity index (χ2n) is 4.73. The maximum absolute atomic E-state index is 12.5. The Morgan fingerprint density at radius 1 is 1.35 bits per heavy atom. The summed E-state index contributed by atoms with van der Waals surface area (Å²) in [5.74, 6) is -1.01. The Morgan fingerprint density at radius 2 is 2.05 bits per heavy atom. The van der Waals surface area contributed by atoms with E-state index in [4.69, 9.17) is 4.74 Å². The third-order valence-corrected chi connectivity index (χ3v) is 6.29. The zero-order valence-electron chi connectivity index (χ0n) is 11.0. The topological polar surface area (TPSA) is 72.5 Å². The molecule has 1 fully saturated rings. The molecule has 5 nitrogen and oxygen atoms in total. The molecule has 0 aromatic heterocycles. The first-order valence-corrected chi connectivity index (χ1v) is 8.92. The van der Waals surface area contributed by atoms with Crippen LogP contribution in [-0.4, -0.2) is 26.7 Å². The molecular weight excluding hydrogens is 393 g/mol. The highest BCUT2D eigenvalue weighted by atomic mass is 127. The minimum Gasteiger partial charge on any atom is -0.469 e. The van der Waals surface area contributed by atoms with E-state index in [1.807, 2.05) is 12.1 Å². The van der Waals surface area contributed by atoms with Crippen molar-refractivity contribution in [2.75, 3.05) is 11.8 Å². The standard InChI is InChI=1S/C13H16INO4S/c1-19-13(16)9-5-4-8-12(9)20(17,18)15-11-7-3-2-6-10(11)14/h2-3,6-7,9,12,15H,4-5,8H2,1H3. The quantitative estimate of drug-likeness (QED) is 0.613. The average molecular weight is 409 g/mol. The Balaban J connectivity index is 2.22. The van der Waals surface area contributed by atoms with Gasteiger partial charge in [0.05, 0.1) is 24.0 Å². The van der Waals surface area contributed by atoms with Gasteiger partial charge < -0.3 is 4.74 Å². The van der Waals surface area contributed by atoms with Crippen LogP contribution in [0, 0.1) is 9.49 Å². The lowest BCUT2D eigenvalue weighted by Gasteiger charge is -2.19. The normalized spacial score (nSPS) is 22.5. The van der Waals surface area contributed by atoms with Crippen LogP contribution in [0.2, 0.25) is 0 Å². The van der Waals surface area contributed by atoms with Crippen molar-refractivity contribution >= 4 is 44.3 Å². The predicted octanol–water partition coefficient (Wildman–Crippen LogP) is 2.37. The molecule has 1 saturated carbocycles. The van der Waals surface area contributed by atoms with Crippen LogP contribution in [0.15, 0.2) is 24.3 Å². The third-order valence-electron chi connectivity index (χ3n) is 3.48. The highest BCUT2D eigenvalue weighted by molar-refractivity contribution is 14.1. The van der Waals surface area contributed by atoms with E-state index in [1.54, 1.807) is 12.1 Å². The molecule has 20 heavy (non-hydrogen) atoms. The van der Waals surface area contributed by atoms with Gasteiger partial charge in [0.2, 0.25) is 10.0 Å². The highest BCUT2D eigenvalue weighted by Gasteiger charge is 2.42. The van der Waals surface area contributed by atoms with Crippen LogP contribution in [0.4, 0.5) is 5.69 Å². The number of esters is 1. The minimum absolute atomic E-state index is 0.444. The smallest absolute Gasteiger partial charge is 0.310 e. The van der Waals surface area contributed by atoms with E-state index in [0.717, 1.165) is 9.99 Å². The van der Waals surface area contributed by atoms with Gasteiger partial charge >= 0.3 is 5.97 Å². The molecule has 0 amide bonds. The first-order chi connectivity index (χ1) is 9.45. The number of methoxy groups -OCH3 is 1. The SMILES string of the molecule is COC(=O)C1CCCC1S(=O)(=O)Nc1ccccc1I. The van der Waals surface area contributed by atoms with Crippen LogP contribution in [0.25, 0.3) is 0 Å². The molecule has 1 aliphatic carbocycles. The first-order valence-electron chi connectivity index (χ1n) is 6.29. The fraction of sp³-hybridized carbons (Fsp3) is 0.462. The van der Waals surface area contributed by atoms with Crippen LogP contribution >= 0.6 is 22.6 Å². The predicted molar refractivity (Wildman–Crippen MR) is 84.8 cm³/mol. The summed E-state index contributed by atoms with van der Waals surface area (Å²) < 4.78 is 33.0. The number of hydrogen-bond acceptors (Lipinski definition) is 4. The first kappa shape index (κ1) is 15.6. The molecule has 0 aliphatic heterocycles.